The van der Waals surface area contributed by atoms with E-state index >= 15 is 0 Å². The van der Waals surface area contributed by atoms with Gasteiger partial charge in [0.05, 0.1) is 12.1 Å². The first-order valence-electron chi connectivity index (χ1n) is 9.86. The molecule has 0 aromatic heterocycles. The first-order valence-corrected chi connectivity index (χ1v) is 12.8. The lowest BCUT2D eigenvalue weighted by molar-refractivity contribution is -0.126. The van der Waals surface area contributed by atoms with Crippen molar-refractivity contribution in [1.82, 2.24) is 4.90 Å². The number of imide groups is 1. The summed E-state index contributed by atoms with van der Waals surface area (Å²) in [6.45, 7) is 14.7. The average molecular weight is 404 g/mol. The summed E-state index contributed by atoms with van der Waals surface area (Å²) in [7, 11) is -2.06. The standard InChI is InChI=1S/C22H33NO4Si/c1-8-19(16(2)27-28(6,7)22(3,4)5)20(24)23-18(15-26-21(23)25)14-17-12-10-9-11-13-17/h8-13,16,18H,14-15H2,1-7H3/b19-8+/t16-,18+/m0/s1. The fourth-order valence-electron chi connectivity index (χ4n) is 3.10. The second kappa shape index (κ2) is 8.62. The highest BCUT2D eigenvalue weighted by molar-refractivity contribution is 6.74. The maximum absolute atomic E-state index is 13.3. The van der Waals surface area contributed by atoms with Gasteiger partial charge < -0.3 is 9.16 Å². The zero-order valence-electron chi connectivity index (χ0n) is 18.1. The Balaban J connectivity index is 2.19. The van der Waals surface area contributed by atoms with Gasteiger partial charge in [-0.05, 0) is 44.0 Å². The highest BCUT2D eigenvalue weighted by Gasteiger charge is 2.43. The van der Waals surface area contributed by atoms with Crippen LogP contribution in [0.3, 0.4) is 0 Å². The first-order chi connectivity index (χ1) is 13.0. The number of benzene rings is 1. The first kappa shape index (κ1) is 22.4. The van der Waals surface area contributed by atoms with Crippen LogP contribution < -0.4 is 0 Å². The summed E-state index contributed by atoms with van der Waals surface area (Å²) in [5, 5.41) is 0.0333. The van der Waals surface area contributed by atoms with E-state index in [4.69, 9.17) is 9.16 Å². The van der Waals surface area contributed by atoms with Crippen LogP contribution in [0.1, 0.15) is 40.2 Å². The molecule has 1 aromatic carbocycles. The molecule has 1 aliphatic heterocycles. The summed E-state index contributed by atoms with van der Waals surface area (Å²) < 4.78 is 11.6. The molecule has 1 saturated heterocycles. The molecule has 5 nitrogen and oxygen atoms in total. The molecular formula is C22H33NO4Si. The second-order valence-corrected chi connectivity index (χ2v) is 13.6. The van der Waals surface area contributed by atoms with Crippen molar-refractivity contribution in [2.75, 3.05) is 6.61 Å². The Morgan fingerprint density at radius 2 is 1.93 bits per heavy atom. The van der Waals surface area contributed by atoms with E-state index in [9.17, 15) is 9.59 Å². The van der Waals surface area contributed by atoms with Crippen molar-refractivity contribution in [1.29, 1.82) is 0 Å². The molecule has 28 heavy (non-hydrogen) atoms. The van der Waals surface area contributed by atoms with Gasteiger partial charge in [0.2, 0.25) is 0 Å². The normalized spacial score (nSPS) is 19.5. The van der Waals surface area contributed by atoms with Crippen molar-refractivity contribution in [3.05, 3.63) is 47.5 Å². The van der Waals surface area contributed by atoms with Gasteiger partial charge in [-0.25, -0.2) is 9.69 Å². The van der Waals surface area contributed by atoms with Crippen LogP contribution in [-0.2, 0) is 20.4 Å². The van der Waals surface area contributed by atoms with Crippen molar-refractivity contribution < 1.29 is 18.8 Å². The third kappa shape index (κ3) is 4.91. The summed E-state index contributed by atoms with van der Waals surface area (Å²) in [5.74, 6) is -0.322. The molecule has 2 amide bonds. The van der Waals surface area contributed by atoms with Crippen LogP contribution in [0.15, 0.2) is 42.0 Å². The van der Waals surface area contributed by atoms with E-state index in [0.717, 1.165) is 5.56 Å². The minimum atomic E-state index is -2.06. The Morgan fingerprint density at radius 3 is 2.46 bits per heavy atom. The summed E-state index contributed by atoms with van der Waals surface area (Å²) in [6, 6.07) is 9.52. The predicted octanol–water partition coefficient (Wildman–Crippen LogP) is 4.93. The van der Waals surface area contributed by atoms with Gasteiger partial charge in [0.1, 0.15) is 6.61 Å². The smallest absolute Gasteiger partial charge is 0.417 e. The number of ether oxygens (including phenoxy) is 1. The number of hydrogen-bond donors (Lipinski definition) is 0. The molecular weight excluding hydrogens is 370 g/mol. The summed E-state index contributed by atoms with van der Waals surface area (Å²) in [4.78, 5) is 26.8. The predicted molar refractivity (Wildman–Crippen MR) is 114 cm³/mol. The van der Waals surface area contributed by atoms with Crippen LogP contribution >= 0.6 is 0 Å². The van der Waals surface area contributed by atoms with Crippen LogP contribution in [0, 0.1) is 0 Å². The molecule has 0 unspecified atom stereocenters. The number of rotatable bonds is 6. The quantitative estimate of drug-likeness (QED) is 0.499. The highest BCUT2D eigenvalue weighted by Crippen LogP contribution is 2.38. The molecule has 1 fully saturated rings. The molecule has 1 aromatic rings. The summed E-state index contributed by atoms with van der Waals surface area (Å²) >= 11 is 0. The number of nitrogens with zero attached hydrogens (tertiary/aromatic N) is 1. The molecule has 0 radical (unpaired) electrons. The lowest BCUT2D eigenvalue weighted by Crippen LogP contribution is -2.47. The number of amides is 2. The number of carbonyl (C=O) groups is 2. The molecule has 1 heterocycles. The minimum Gasteiger partial charge on any atom is -0.447 e. The van der Waals surface area contributed by atoms with Gasteiger partial charge in [-0.1, -0.05) is 57.2 Å². The van der Waals surface area contributed by atoms with Crippen molar-refractivity contribution in [3.8, 4) is 0 Å². The van der Waals surface area contributed by atoms with Crippen LogP contribution in [0.5, 0.6) is 0 Å². The Hall–Kier alpha value is -1.92. The molecule has 154 valence electrons. The summed E-state index contributed by atoms with van der Waals surface area (Å²) in [6.07, 6.45) is 1.37. The van der Waals surface area contributed by atoms with Crippen LogP contribution in [0.4, 0.5) is 4.79 Å². The Morgan fingerprint density at radius 1 is 1.32 bits per heavy atom. The van der Waals surface area contributed by atoms with E-state index in [-0.39, 0.29) is 29.7 Å². The lowest BCUT2D eigenvalue weighted by Gasteiger charge is -2.39. The molecule has 0 saturated carbocycles. The van der Waals surface area contributed by atoms with E-state index in [0.29, 0.717) is 12.0 Å². The van der Waals surface area contributed by atoms with E-state index in [1.807, 2.05) is 44.2 Å². The topological polar surface area (TPSA) is 55.8 Å². The van der Waals surface area contributed by atoms with Crippen molar-refractivity contribution >= 4 is 20.3 Å². The molecule has 0 bridgehead atoms. The van der Waals surface area contributed by atoms with Crippen LogP contribution in [0.2, 0.25) is 18.1 Å². The van der Waals surface area contributed by atoms with E-state index in [1.54, 1.807) is 6.08 Å². The van der Waals surface area contributed by atoms with E-state index in [1.165, 1.54) is 4.90 Å². The molecule has 6 heteroatoms. The third-order valence-electron chi connectivity index (χ3n) is 5.77. The van der Waals surface area contributed by atoms with Crippen molar-refractivity contribution in [2.45, 2.75) is 71.3 Å². The van der Waals surface area contributed by atoms with Crippen molar-refractivity contribution in [3.63, 3.8) is 0 Å². The zero-order valence-corrected chi connectivity index (χ0v) is 19.1. The van der Waals surface area contributed by atoms with E-state index < -0.39 is 14.4 Å². The van der Waals surface area contributed by atoms with Gasteiger partial charge in [0, 0.05) is 5.57 Å². The van der Waals surface area contributed by atoms with Gasteiger partial charge in [-0.2, -0.15) is 0 Å². The average Bonchev–Trinajstić information content (AvgIpc) is 2.95. The Labute approximate surface area is 169 Å². The van der Waals surface area contributed by atoms with Gasteiger partial charge in [0.25, 0.3) is 5.91 Å². The maximum Gasteiger partial charge on any atom is 0.417 e. The Bertz CT molecular complexity index is 737. The zero-order chi connectivity index (χ0) is 21.1. The SMILES string of the molecule is C/C=C(/C(=O)N1C(=O)OC[C@H]1Cc1ccccc1)[C@H](C)O[Si](C)(C)C(C)(C)C. The maximum atomic E-state index is 13.3. The van der Waals surface area contributed by atoms with Gasteiger partial charge in [-0.3, -0.25) is 4.79 Å². The number of carbonyl (C=O) groups excluding carboxylic acids is 2. The summed E-state index contributed by atoms with van der Waals surface area (Å²) in [5.41, 5.74) is 1.57. The second-order valence-electron chi connectivity index (χ2n) is 8.86. The highest BCUT2D eigenvalue weighted by atomic mass is 28.4. The fourth-order valence-corrected chi connectivity index (χ4v) is 4.46. The molecule has 0 N–H and O–H groups in total. The van der Waals surface area contributed by atoms with Crippen LogP contribution in [0.25, 0.3) is 0 Å². The number of cyclic esters (lactones) is 1. The largest absolute Gasteiger partial charge is 0.447 e. The fraction of sp³-hybridized carbons (Fsp3) is 0.545. The van der Waals surface area contributed by atoms with Gasteiger partial charge in [0.15, 0.2) is 8.32 Å². The minimum absolute atomic E-state index is 0.0333. The molecule has 0 spiro atoms. The molecule has 1 aliphatic rings. The molecule has 0 aliphatic carbocycles. The number of hydrogen-bond acceptors (Lipinski definition) is 4. The molecule has 2 rings (SSSR count). The Kier molecular flexibility index (Phi) is 6.88. The van der Waals surface area contributed by atoms with Gasteiger partial charge >= 0.3 is 6.09 Å². The third-order valence-corrected chi connectivity index (χ3v) is 10.3. The monoisotopic (exact) mass is 403 g/mol. The lowest BCUT2D eigenvalue weighted by atomic mass is 10.0. The van der Waals surface area contributed by atoms with E-state index in [2.05, 4.69) is 33.9 Å². The molecule has 2 atom stereocenters. The van der Waals surface area contributed by atoms with Crippen molar-refractivity contribution in [2.24, 2.45) is 0 Å². The number of allylic oxidation sites excluding steroid dienone is 1. The van der Waals surface area contributed by atoms with Gasteiger partial charge in [-0.15, -0.1) is 0 Å². The van der Waals surface area contributed by atoms with Crippen LogP contribution in [-0.4, -0.2) is 44.0 Å².